The average Bonchev–Trinajstić information content (AvgIpc) is 2.65. The first-order chi connectivity index (χ1) is 7.31. The molecule has 1 fully saturated rings. The quantitative estimate of drug-likeness (QED) is 0.751. The summed E-state index contributed by atoms with van der Waals surface area (Å²) in [5.74, 6) is 1.03. The maximum Gasteiger partial charge on any atom is 0.122 e. The SMILES string of the molecule is COc1ccccc1CC1CCCN1C. The van der Waals surface area contributed by atoms with Gasteiger partial charge in [-0.1, -0.05) is 18.2 Å². The number of nitrogens with zero attached hydrogens (tertiary/aromatic N) is 1. The summed E-state index contributed by atoms with van der Waals surface area (Å²) in [5, 5.41) is 0. The third kappa shape index (κ3) is 2.32. The van der Waals surface area contributed by atoms with Crippen molar-refractivity contribution in [2.45, 2.75) is 25.3 Å². The van der Waals surface area contributed by atoms with E-state index < -0.39 is 0 Å². The molecule has 1 saturated heterocycles. The number of methoxy groups -OCH3 is 1. The van der Waals surface area contributed by atoms with Crippen LogP contribution in [-0.4, -0.2) is 31.6 Å². The summed E-state index contributed by atoms with van der Waals surface area (Å²) in [7, 11) is 3.96. The van der Waals surface area contributed by atoms with Crippen LogP contribution in [0.5, 0.6) is 5.75 Å². The predicted molar refractivity (Wildman–Crippen MR) is 62.4 cm³/mol. The van der Waals surface area contributed by atoms with Gasteiger partial charge in [0.15, 0.2) is 0 Å². The van der Waals surface area contributed by atoms with Gasteiger partial charge in [-0.3, -0.25) is 0 Å². The fraction of sp³-hybridized carbons (Fsp3) is 0.538. The lowest BCUT2D eigenvalue weighted by atomic mass is 10.0. The Morgan fingerprint density at radius 2 is 2.20 bits per heavy atom. The van der Waals surface area contributed by atoms with E-state index >= 15 is 0 Å². The highest BCUT2D eigenvalue weighted by atomic mass is 16.5. The molecule has 0 amide bonds. The Bertz CT molecular complexity index is 324. The maximum absolute atomic E-state index is 5.37. The number of likely N-dealkylation sites (tertiary alicyclic amines) is 1. The van der Waals surface area contributed by atoms with Gasteiger partial charge in [-0.05, 0) is 44.5 Å². The molecule has 0 bridgehead atoms. The molecular weight excluding hydrogens is 186 g/mol. The highest BCUT2D eigenvalue weighted by Gasteiger charge is 2.21. The second kappa shape index (κ2) is 4.67. The molecular formula is C13H19NO. The Hall–Kier alpha value is -1.02. The number of para-hydroxylation sites is 1. The zero-order valence-corrected chi connectivity index (χ0v) is 9.57. The van der Waals surface area contributed by atoms with E-state index in [-0.39, 0.29) is 0 Å². The van der Waals surface area contributed by atoms with Crippen LogP contribution < -0.4 is 4.74 Å². The Labute approximate surface area is 91.9 Å². The van der Waals surface area contributed by atoms with E-state index in [1.54, 1.807) is 7.11 Å². The lowest BCUT2D eigenvalue weighted by Gasteiger charge is -2.20. The summed E-state index contributed by atoms with van der Waals surface area (Å²) >= 11 is 0. The highest BCUT2D eigenvalue weighted by Crippen LogP contribution is 2.24. The van der Waals surface area contributed by atoms with E-state index in [0.717, 1.165) is 12.2 Å². The third-order valence-corrected chi connectivity index (χ3v) is 3.32. The van der Waals surface area contributed by atoms with Crippen molar-refractivity contribution in [3.8, 4) is 5.75 Å². The van der Waals surface area contributed by atoms with Crippen molar-refractivity contribution in [1.29, 1.82) is 0 Å². The van der Waals surface area contributed by atoms with E-state index in [4.69, 9.17) is 4.74 Å². The summed E-state index contributed by atoms with van der Waals surface area (Å²) in [6.45, 7) is 1.24. The van der Waals surface area contributed by atoms with Crippen LogP contribution in [0, 0.1) is 0 Å². The molecule has 0 aliphatic carbocycles. The normalized spacial score (nSPS) is 21.9. The molecule has 1 aromatic rings. The zero-order valence-electron chi connectivity index (χ0n) is 9.57. The van der Waals surface area contributed by atoms with Gasteiger partial charge in [-0.15, -0.1) is 0 Å². The monoisotopic (exact) mass is 205 g/mol. The fourth-order valence-electron chi connectivity index (χ4n) is 2.36. The second-order valence-corrected chi connectivity index (χ2v) is 4.29. The molecule has 0 spiro atoms. The molecule has 1 aliphatic heterocycles. The molecule has 1 heterocycles. The van der Waals surface area contributed by atoms with E-state index in [9.17, 15) is 0 Å². The molecule has 1 aliphatic rings. The lowest BCUT2D eigenvalue weighted by molar-refractivity contribution is 0.306. The number of likely N-dealkylation sites (N-methyl/N-ethyl adjacent to an activating group) is 1. The van der Waals surface area contributed by atoms with Crippen LogP contribution in [0.1, 0.15) is 18.4 Å². The molecule has 2 heteroatoms. The summed E-state index contributed by atoms with van der Waals surface area (Å²) in [4.78, 5) is 2.45. The van der Waals surface area contributed by atoms with Crippen LogP contribution in [0.4, 0.5) is 0 Å². The largest absolute Gasteiger partial charge is 0.496 e. The number of hydrogen-bond acceptors (Lipinski definition) is 2. The van der Waals surface area contributed by atoms with Gasteiger partial charge < -0.3 is 9.64 Å². The molecule has 1 aromatic carbocycles. The summed E-state index contributed by atoms with van der Waals surface area (Å²) in [6.07, 6.45) is 3.76. The molecule has 2 nitrogen and oxygen atoms in total. The van der Waals surface area contributed by atoms with Crippen molar-refractivity contribution in [3.63, 3.8) is 0 Å². The first kappa shape index (κ1) is 10.5. The third-order valence-electron chi connectivity index (χ3n) is 3.32. The van der Waals surface area contributed by atoms with Crippen molar-refractivity contribution < 1.29 is 4.74 Å². The van der Waals surface area contributed by atoms with Crippen molar-refractivity contribution in [3.05, 3.63) is 29.8 Å². The molecule has 0 radical (unpaired) electrons. The van der Waals surface area contributed by atoms with Crippen LogP contribution in [0.3, 0.4) is 0 Å². The average molecular weight is 205 g/mol. The van der Waals surface area contributed by atoms with Crippen molar-refractivity contribution in [2.75, 3.05) is 20.7 Å². The smallest absolute Gasteiger partial charge is 0.122 e. The van der Waals surface area contributed by atoms with Gasteiger partial charge >= 0.3 is 0 Å². The van der Waals surface area contributed by atoms with E-state index in [1.165, 1.54) is 24.9 Å². The second-order valence-electron chi connectivity index (χ2n) is 4.29. The van der Waals surface area contributed by atoms with Gasteiger partial charge in [0.25, 0.3) is 0 Å². The van der Waals surface area contributed by atoms with Gasteiger partial charge in [0.1, 0.15) is 5.75 Å². The number of ether oxygens (including phenoxy) is 1. The summed E-state index contributed by atoms with van der Waals surface area (Å²) < 4.78 is 5.37. The Kier molecular flexibility index (Phi) is 3.27. The standard InChI is InChI=1S/C13H19NO/c1-14-9-5-7-12(14)10-11-6-3-4-8-13(11)15-2/h3-4,6,8,12H,5,7,9-10H2,1-2H3. The topological polar surface area (TPSA) is 12.5 Å². The molecule has 0 aromatic heterocycles. The summed E-state index contributed by atoms with van der Waals surface area (Å²) in [5.41, 5.74) is 1.33. The van der Waals surface area contributed by atoms with Gasteiger partial charge in [-0.25, -0.2) is 0 Å². The van der Waals surface area contributed by atoms with Crippen LogP contribution in [0.25, 0.3) is 0 Å². The minimum Gasteiger partial charge on any atom is -0.496 e. The van der Waals surface area contributed by atoms with Crippen LogP contribution >= 0.6 is 0 Å². The van der Waals surface area contributed by atoms with Gasteiger partial charge in [0, 0.05) is 6.04 Å². The highest BCUT2D eigenvalue weighted by molar-refractivity contribution is 5.33. The van der Waals surface area contributed by atoms with E-state index in [2.05, 4.69) is 24.1 Å². The first-order valence-electron chi connectivity index (χ1n) is 5.63. The van der Waals surface area contributed by atoms with Crippen LogP contribution in [-0.2, 0) is 6.42 Å². The number of hydrogen-bond donors (Lipinski definition) is 0. The van der Waals surface area contributed by atoms with Crippen molar-refractivity contribution >= 4 is 0 Å². The van der Waals surface area contributed by atoms with Gasteiger partial charge in [0.2, 0.25) is 0 Å². The lowest BCUT2D eigenvalue weighted by Crippen LogP contribution is -2.26. The predicted octanol–water partition coefficient (Wildman–Crippen LogP) is 2.33. The molecule has 1 atom stereocenters. The Morgan fingerprint density at radius 3 is 2.87 bits per heavy atom. The van der Waals surface area contributed by atoms with E-state index in [1.807, 2.05) is 12.1 Å². The fourth-order valence-corrected chi connectivity index (χ4v) is 2.36. The number of rotatable bonds is 3. The minimum absolute atomic E-state index is 0.696. The Morgan fingerprint density at radius 1 is 1.40 bits per heavy atom. The summed E-state index contributed by atoms with van der Waals surface area (Å²) in [6, 6.07) is 9.03. The maximum atomic E-state index is 5.37. The van der Waals surface area contributed by atoms with Gasteiger partial charge in [-0.2, -0.15) is 0 Å². The molecule has 2 rings (SSSR count). The molecule has 0 saturated carbocycles. The minimum atomic E-state index is 0.696. The zero-order chi connectivity index (χ0) is 10.7. The molecule has 1 unspecified atom stereocenters. The van der Waals surface area contributed by atoms with Gasteiger partial charge in [0.05, 0.1) is 7.11 Å². The Balaban J connectivity index is 2.09. The molecule has 0 N–H and O–H groups in total. The number of benzene rings is 1. The molecule has 15 heavy (non-hydrogen) atoms. The van der Waals surface area contributed by atoms with E-state index in [0.29, 0.717) is 6.04 Å². The van der Waals surface area contributed by atoms with Crippen molar-refractivity contribution in [1.82, 2.24) is 4.90 Å². The van der Waals surface area contributed by atoms with Crippen LogP contribution in [0.2, 0.25) is 0 Å². The molecule has 82 valence electrons. The van der Waals surface area contributed by atoms with Crippen molar-refractivity contribution in [2.24, 2.45) is 0 Å². The first-order valence-corrected chi connectivity index (χ1v) is 5.63. The van der Waals surface area contributed by atoms with Crippen LogP contribution in [0.15, 0.2) is 24.3 Å².